The Balaban J connectivity index is 4.63. The zero-order valence-electron chi connectivity index (χ0n) is 8.80. The van der Waals surface area contributed by atoms with E-state index in [-0.39, 0.29) is 6.61 Å². The van der Waals surface area contributed by atoms with Gasteiger partial charge in [-0.15, -0.1) is 29.8 Å². The molecule has 0 fully saturated rings. The first kappa shape index (κ1) is 16.6. The number of phosphoric ester groups is 1. The number of hydrogen-bond acceptors (Lipinski definition) is 5. The van der Waals surface area contributed by atoms with Crippen molar-refractivity contribution in [1.29, 1.82) is 0 Å². The quantitative estimate of drug-likeness (QED) is 0.392. The van der Waals surface area contributed by atoms with E-state index in [9.17, 15) is 8.77 Å². The molecule has 0 radical (unpaired) electrons. The van der Waals surface area contributed by atoms with E-state index in [4.69, 9.17) is 27.7 Å². The van der Waals surface area contributed by atoms with Gasteiger partial charge in [-0.05, 0) is 6.92 Å². The van der Waals surface area contributed by atoms with Crippen LogP contribution in [-0.2, 0) is 28.7 Å². The van der Waals surface area contributed by atoms with Gasteiger partial charge < -0.3 is 0 Å². The van der Waals surface area contributed by atoms with Crippen LogP contribution in [0.5, 0.6) is 0 Å². The Morgan fingerprint density at radius 2 is 2.12 bits per heavy atom. The van der Waals surface area contributed by atoms with Gasteiger partial charge in [-0.3, -0.25) is 9.05 Å². The van der Waals surface area contributed by atoms with Crippen molar-refractivity contribution in [3.8, 4) is 0 Å². The van der Waals surface area contributed by atoms with Gasteiger partial charge in [-0.1, -0.05) is 6.08 Å². The van der Waals surface area contributed by atoms with Crippen LogP contribution < -0.4 is 0 Å². The largest absolute Gasteiger partial charge is 0.487 e. The third kappa shape index (κ3) is 5.27. The van der Waals surface area contributed by atoms with Crippen molar-refractivity contribution < 1.29 is 21.8 Å². The van der Waals surface area contributed by atoms with Crippen LogP contribution >= 0.6 is 31.0 Å². The summed E-state index contributed by atoms with van der Waals surface area (Å²) in [5, 5.41) is -0.882. The average Bonchev–Trinajstić information content (AvgIpc) is 2.18. The molecule has 0 aliphatic carbocycles. The molecule has 96 valence electrons. The minimum atomic E-state index is -3.83. The fraction of sp³-hybridized carbons (Fsp3) is 0.714. The second-order valence-corrected chi connectivity index (χ2v) is 6.76. The molecule has 0 bridgehead atoms. The molecule has 0 aromatic heterocycles. The Morgan fingerprint density at radius 3 is 2.44 bits per heavy atom. The van der Waals surface area contributed by atoms with Crippen LogP contribution in [0.2, 0.25) is 0 Å². The van der Waals surface area contributed by atoms with Gasteiger partial charge in [0.2, 0.25) is 0 Å². The highest BCUT2D eigenvalue weighted by molar-refractivity contribution is 7.85. The SMILES string of the molecule is C=CC(C(Cl)Cl)S(=O)OP(=O)(OC)OCC. The highest BCUT2D eigenvalue weighted by atomic mass is 35.5. The molecule has 0 aromatic rings. The Morgan fingerprint density at radius 1 is 1.56 bits per heavy atom. The molecule has 0 saturated heterocycles. The number of alkyl halides is 2. The molecule has 9 heteroatoms. The van der Waals surface area contributed by atoms with Crippen molar-refractivity contribution in [1.82, 2.24) is 0 Å². The van der Waals surface area contributed by atoms with E-state index in [0.717, 1.165) is 7.11 Å². The highest BCUT2D eigenvalue weighted by Crippen LogP contribution is 2.50. The fourth-order valence-corrected chi connectivity index (χ4v) is 3.66. The first-order valence-electron chi connectivity index (χ1n) is 4.21. The summed E-state index contributed by atoms with van der Waals surface area (Å²) in [6.07, 6.45) is 1.24. The summed E-state index contributed by atoms with van der Waals surface area (Å²) in [7, 11) is -2.71. The van der Waals surface area contributed by atoms with Crippen molar-refractivity contribution >= 4 is 42.1 Å². The van der Waals surface area contributed by atoms with Crippen molar-refractivity contribution in [2.45, 2.75) is 17.0 Å². The lowest BCUT2D eigenvalue weighted by atomic mass is 10.5. The van der Waals surface area contributed by atoms with E-state index in [1.807, 2.05) is 0 Å². The summed E-state index contributed by atoms with van der Waals surface area (Å²) in [5.41, 5.74) is 0. The van der Waals surface area contributed by atoms with E-state index in [1.54, 1.807) is 6.92 Å². The van der Waals surface area contributed by atoms with Crippen molar-refractivity contribution in [3.05, 3.63) is 12.7 Å². The standard InChI is InChI=1S/C7H13Cl2O5PS/c1-4-6(7(8)9)16(11)14-15(10,12-3)13-5-2/h4,6-7H,1,5H2,2-3H3. The molecule has 3 atom stereocenters. The topological polar surface area (TPSA) is 61.8 Å². The molecule has 0 aliphatic heterocycles. The van der Waals surface area contributed by atoms with Gasteiger partial charge in [0.05, 0.1) is 6.61 Å². The molecule has 0 rings (SSSR count). The first-order chi connectivity index (χ1) is 7.40. The minimum absolute atomic E-state index is 0.0895. The Labute approximate surface area is 107 Å². The van der Waals surface area contributed by atoms with Gasteiger partial charge in [0.25, 0.3) is 0 Å². The average molecular weight is 311 g/mol. The summed E-state index contributed by atoms with van der Waals surface area (Å²) in [5.74, 6) is 0. The van der Waals surface area contributed by atoms with Crippen LogP contribution in [0.15, 0.2) is 12.7 Å². The maximum Gasteiger partial charge on any atom is 0.487 e. The van der Waals surface area contributed by atoms with Gasteiger partial charge in [-0.25, -0.2) is 8.77 Å². The first-order valence-corrected chi connectivity index (χ1v) is 7.69. The van der Waals surface area contributed by atoms with Crippen molar-refractivity contribution in [2.75, 3.05) is 13.7 Å². The van der Waals surface area contributed by atoms with Gasteiger partial charge in [-0.2, -0.15) is 3.97 Å². The Bertz CT molecular complexity index is 299. The van der Waals surface area contributed by atoms with Gasteiger partial charge >= 0.3 is 7.82 Å². The van der Waals surface area contributed by atoms with Gasteiger partial charge in [0.15, 0.2) is 11.1 Å². The van der Waals surface area contributed by atoms with Crippen LogP contribution in [0, 0.1) is 0 Å². The van der Waals surface area contributed by atoms with E-state index in [2.05, 4.69) is 15.1 Å². The molecule has 3 unspecified atom stereocenters. The van der Waals surface area contributed by atoms with Crippen molar-refractivity contribution in [2.24, 2.45) is 0 Å². The molecule has 0 heterocycles. The summed E-state index contributed by atoms with van der Waals surface area (Å²) in [6.45, 7) is 5.07. The summed E-state index contributed by atoms with van der Waals surface area (Å²) in [6, 6.07) is 0. The lowest BCUT2D eigenvalue weighted by Gasteiger charge is -2.17. The van der Waals surface area contributed by atoms with E-state index in [1.165, 1.54) is 6.08 Å². The Kier molecular flexibility index (Phi) is 8.10. The molecule has 0 aromatic carbocycles. The van der Waals surface area contributed by atoms with Crippen LogP contribution in [0.4, 0.5) is 0 Å². The second kappa shape index (κ2) is 7.82. The molecule has 0 saturated carbocycles. The highest BCUT2D eigenvalue weighted by Gasteiger charge is 2.32. The molecule has 0 N–H and O–H groups in total. The smallest absolute Gasteiger partial charge is 0.290 e. The predicted octanol–water partition coefficient (Wildman–Crippen LogP) is 2.82. The molecule has 0 amide bonds. The molecule has 0 aliphatic rings. The van der Waals surface area contributed by atoms with Gasteiger partial charge in [0.1, 0.15) is 10.1 Å². The number of halogens is 2. The summed E-state index contributed by atoms with van der Waals surface area (Å²) < 4.78 is 37.2. The van der Waals surface area contributed by atoms with Crippen LogP contribution in [-0.4, -0.2) is 28.0 Å². The number of rotatable bonds is 8. The molecule has 16 heavy (non-hydrogen) atoms. The third-order valence-electron chi connectivity index (χ3n) is 1.38. The minimum Gasteiger partial charge on any atom is -0.290 e. The fourth-order valence-electron chi connectivity index (χ4n) is 0.668. The van der Waals surface area contributed by atoms with Crippen LogP contribution in [0.25, 0.3) is 0 Å². The van der Waals surface area contributed by atoms with Crippen LogP contribution in [0.1, 0.15) is 6.92 Å². The monoisotopic (exact) mass is 310 g/mol. The molecular formula is C7H13Cl2O5PS. The Hall–Kier alpha value is 0.580. The third-order valence-corrected chi connectivity index (χ3v) is 5.47. The van der Waals surface area contributed by atoms with Crippen LogP contribution in [0.3, 0.4) is 0 Å². The normalized spacial score (nSPS) is 19.1. The van der Waals surface area contributed by atoms with E-state index < -0.39 is 29.0 Å². The zero-order valence-corrected chi connectivity index (χ0v) is 12.0. The van der Waals surface area contributed by atoms with Gasteiger partial charge in [0, 0.05) is 7.11 Å². The lowest BCUT2D eigenvalue weighted by molar-refractivity contribution is 0.192. The maximum atomic E-state index is 11.7. The van der Waals surface area contributed by atoms with Crippen molar-refractivity contribution in [3.63, 3.8) is 0 Å². The maximum absolute atomic E-state index is 11.7. The second-order valence-electron chi connectivity index (χ2n) is 2.42. The summed E-state index contributed by atoms with van der Waals surface area (Å²) >= 11 is 9.02. The number of phosphoric acid groups is 1. The lowest BCUT2D eigenvalue weighted by Crippen LogP contribution is -2.21. The number of hydrogen-bond donors (Lipinski definition) is 0. The zero-order chi connectivity index (χ0) is 12.8. The molecule has 0 spiro atoms. The predicted molar refractivity (Wildman–Crippen MR) is 64.9 cm³/mol. The van der Waals surface area contributed by atoms with E-state index in [0.29, 0.717) is 0 Å². The molecule has 5 nitrogen and oxygen atoms in total. The molecular weight excluding hydrogens is 298 g/mol. The van der Waals surface area contributed by atoms with E-state index >= 15 is 0 Å². The summed E-state index contributed by atoms with van der Waals surface area (Å²) in [4.78, 5) is -0.995.